The molecule has 0 radical (unpaired) electrons. The molecule has 3 aliphatic carbocycles. The van der Waals surface area contributed by atoms with Crippen LogP contribution in [0.3, 0.4) is 0 Å². The van der Waals surface area contributed by atoms with Gasteiger partial charge in [0.05, 0.1) is 23.2 Å². The van der Waals surface area contributed by atoms with Gasteiger partial charge in [-0.1, -0.05) is 30.4 Å². The first-order valence-corrected chi connectivity index (χ1v) is 12.3. The Morgan fingerprint density at radius 3 is 2.55 bits per heavy atom. The van der Waals surface area contributed by atoms with Crippen LogP contribution in [0.15, 0.2) is 42.5 Å². The number of aryl methyl sites for hydroxylation is 1. The molecule has 4 atom stereocenters. The molecule has 0 N–H and O–H groups in total. The number of fused-ring (bicyclic) bond motifs is 2. The van der Waals surface area contributed by atoms with Gasteiger partial charge in [0.2, 0.25) is 0 Å². The summed E-state index contributed by atoms with van der Waals surface area (Å²) in [5.41, 5.74) is 3.75. The molecule has 1 aliphatic heterocycles. The number of imidazole rings is 1. The summed E-state index contributed by atoms with van der Waals surface area (Å²) in [4.78, 5) is 7.78. The molecule has 164 valence electrons. The van der Waals surface area contributed by atoms with Crippen LogP contribution in [-0.4, -0.2) is 47.3 Å². The second kappa shape index (κ2) is 7.90. The number of ether oxygens (including phenoxy) is 1. The number of likely N-dealkylation sites (tertiary alicyclic amines) is 1. The highest BCUT2D eigenvalue weighted by Crippen LogP contribution is 2.44. The zero-order chi connectivity index (χ0) is 20.9. The predicted octanol–water partition coefficient (Wildman–Crippen LogP) is 5.25. The first-order valence-electron chi connectivity index (χ1n) is 12.3. The standard InChI is InChI=1S/C27H35N3O/c1-18-7-10-24-23(13-18)28-27(20-8-9-20)30(24)25-11-12-29(17-26(25)31-2)16-19-14-21-5-3-4-6-22(21)15-19/h3-7,10,13,19-22,25-26H,8-9,11-12,14-17H2,1-2H3/t19?,21?,22?,25-,26-/m0/s1. The summed E-state index contributed by atoms with van der Waals surface area (Å²) in [5, 5.41) is 0. The lowest BCUT2D eigenvalue weighted by atomic mass is 9.92. The van der Waals surface area contributed by atoms with E-state index in [0.717, 1.165) is 42.8 Å². The molecule has 1 aromatic heterocycles. The lowest BCUT2D eigenvalue weighted by Crippen LogP contribution is -2.47. The molecular formula is C27H35N3O. The van der Waals surface area contributed by atoms with E-state index in [4.69, 9.17) is 9.72 Å². The van der Waals surface area contributed by atoms with E-state index in [2.05, 4.69) is 58.9 Å². The maximum atomic E-state index is 6.13. The molecule has 0 amide bonds. The van der Waals surface area contributed by atoms with Gasteiger partial charge in [0.25, 0.3) is 0 Å². The molecule has 2 heterocycles. The molecule has 3 fully saturated rings. The van der Waals surface area contributed by atoms with Gasteiger partial charge in [-0.2, -0.15) is 0 Å². The first-order chi connectivity index (χ1) is 15.2. The minimum Gasteiger partial charge on any atom is -0.378 e. The summed E-state index contributed by atoms with van der Waals surface area (Å²) < 4.78 is 8.70. The number of hydrogen-bond donors (Lipinski definition) is 0. The summed E-state index contributed by atoms with van der Waals surface area (Å²) >= 11 is 0. The van der Waals surface area contributed by atoms with Crippen LogP contribution in [0.25, 0.3) is 11.0 Å². The van der Waals surface area contributed by atoms with E-state index in [1.54, 1.807) is 0 Å². The number of nitrogens with zero attached hydrogens (tertiary/aromatic N) is 3. The molecule has 1 saturated heterocycles. The van der Waals surface area contributed by atoms with Crippen LogP contribution in [0.1, 0.15) is 55.5 Å². The molecule has 0 spiro atoms. The van der Waals surface area contributed by atoms with Crippen molar-refractivity contribution < 1.29 is 4.74 Å². The van der Waals surface area contributed by atoms with Gasteiger partial charge < -0.3 is 14.2 Å². The summed E-state index contributed by atoms with van der Waals surface area (Å²) in [5.74, 6) is 4.31. The van der Waals surface area contributed by atoms with Crippen molar-refractivity contribution in [1.82, 2.24) is 14.5 Å². The Balaban J connectivity index is 1.21. The van der Waals surface area contributed by atoms with Gasteiger partial charge in [-0.25, -0.2) is 4.98 Å². The lowest BCUT2D eigenvalue weighted by Gasteiger charge is -2.40. The molecule has 31 heavy (non-hydrogen) atoms. The second-order valence-corrected chi connectivity index (χ2v) is 10.4. The zero-order valence-electron chi connectivity index (χ0n) is 18.9. The van der Waals surface area contributed by atoms with Crippen LogP contribution < -0.4 is 0 Å². The third-order valence-corrected chi connectivity index (χ3v) is 8.16. The summed E-state index contributed by atoms with van der Waals surface area (Å²) in [7, 11) is 1.90. The maximum absolute atomic E-state index is 6.13. The second-order valence-electron chi connectivity index (χ2n) is 10.4. The summed E-state index contributed by atoms with van der Waals surface area (Å²) in [6, 6.07) is 7.15. The molecule has 0 bridgehead atoms. The molecular weight excluding hydrogens is 382 g/mol. The van der Waals surface area contributed by atoms with Crippen LogP contribution in [0, 0.1) is 24.7 Å². The van der Waals surface area contributed by atoms with Crippen molar-refractivity contribution in [3.05, 3.63) is 53.9 Å². The van der Waals surface area contributed by atoms with E-state index in [0.29, 0.717) is 12.0 Å². The quantitative estimate of drug-likeness (QED) is 0.665. The van der Waals surface area contributed by atoms with Gasteiger partial charge in [0.1, 0.15) is 5.82 Å². The highest BCUT2D eigenvalue weighted by atomic mass is 16.5. The smallest absolute Gasteiger partial charge is 0.113 e. The average molecular weight is 418 g/mol. The monoisotopic (exact) mass is 417 g/mol. The number of hydrogen-bond acceptors (Lipinski definition) is 3. The molecule has 4 aliphatic rings. The lowest BCUT2D eigenvalue weighted by molar-refractivity contribution is -0.00977. The average Bonchev–Trinajstić information content (AvgIpc) is 3.44. The molecule has 4 nitrogen and oxygen atoms in total. The Labute approximate surface area is 186 Å². The summed E-state index contributed by atoms with van der Waals surface area (Å²) in [6.07, 6.45) is 16.0. The fourth-order valence-corrected chi connectivity index (χ4v) is 6.45. The van der Waals surface area contributed by atoms with Crippen LogP contribution in [0.4, 0.5) is 0 Å². The van der Waals surface area contributed by atoms with Crippen molar-refractivity contribution in [1.29, 1.82) is 0 Å². The maximum Gasteiger partial charge on any atom is 0.113 e. The van der Waals surface area contributed by atoms with Crippen molar-refractivity contribution in [2.24, 2.45) is 17.8 Å². The van der Waals surface area contributed by atoms with Gasteiger partial charge >= 0.3 is 0 Å². The summed E-state index contributed by atoms with van der Waals surface area (Å²) in [6.45, 7) is 5.59. The van der Waals surface area contributed by atoms with Crippen LogP contribution >= 0.6 is 0 Å². The van der Waals surface area contributed by atoms with Gasteiger partial charge in [-0.05, 0) is 74.5 Å². The van der Waals surface area contributed by atoms with Crippen LogP contribution in [0.5, 0.6) is 0 Å². The Morgan fingerprint density at radius 2 is 1.84 bits per heavy atom. The van der Waals surface area contributed by atoms with E-state index in [-0.39, 0.29) is 6.10 Å². The van der Waals surface area contributed by atoms with Crippen molar-refractivity contribution in [2.75, 3.05) is 26.7 Å². The molecule has 4 heteroatoms. The van der Waals surface area contributed by atoms with E-state index in [1.807, 2.05) is 7.11 Å². The zero-order valence-corrected chi connectivity index (χ0v) is 18.9. The van der Waals surface area contributed by atoms with Crippen molar-refractivity contribution in [2.45, 2.75) is 57.1 Å². The molecule has 2 aromatic rings. The van der Waals surface area contributed by atoms with Gasteiger partial charge in [0, 0.05) is 32.7 Å². The minimum absolute atomic E-state index is 0.230. The highest BCUT2D eigenvalue weighted by molar-refractivity contribution is 5.77. The Kier molecular flexibility index (Phi) is 5.03. The number of piperidine rings is 1. The number of aromatic nitrogens is 2. The third kappa shape index (κ3) is 3.68. The third-order valence-electron chi connectivity index (χ3n) is 8.16. The SMILES string of the molecule is CO[C@H]1CN(CC2CC3C=CC=CC3C2)CC[C@@H]1n1c(C2CC2)nc2cc(C)ccc21. The molecule has 1 aromatic carbocycles. The number of methoxy groups -OCH3 is 1. The van der Waals surface area contributed by atoms with Gasteiger partial charge in [-0.3, -0.25) is 0 Å². The minimum atomic E-state index is 0.230. The number of allylic oxidation sites excluding steroid dienone is 4. The number of rotatable bonds is 5. The van der Waals surface area contributed by atoms with Crippen molar-refractivity contribution >= 4 is 11.0 Å². The van der Waals surface area contributed by atoms with E-state index in [1.165, 1.54) is 49.1 Å². The Bertz CT molecular complexity index is 997. The van der Waals surface area contributed by atoms with E-state index >= 15 is 0 Å². The molecule has 2 unspecified atom stereocenters. The van der Waals surface area contributed by atoms with Gasteiger partial charge in [0.15, 0.2) is 0 Å². The van der Waals surface area contributed by atoms with Crippen molar-refractivity contribution in [3.63, 3.8) is 0 Å². The normalized spacial score (nSPS) is 33.3. The molecule has 2 saturated carbocycles. The predicted molar refractivity (Wildman–Crippen MR) is 125 cm³/mol. The van der Waals surface area contributed by atoms with Crippen LogP contribution in [0.2, 0.25) is 0 Å². The largest absolute Gasteiger partial charge is 0.378 e. The van der Waals surface area contributed by atoms with E-state index in [9.17, 15) is 0 Å². The van der Waals surface area contributed by atoms with Crippen LogP contribution in [-0.2, 0) is 4.74 Å². The Morgan fingerprint density at radius 1 is 1.06 bits per heavy atom. The highest BCUT2D eigenvalue weighted by Gasteiger charge is 2.39. The first kappa shape index (κ1) is 19.8. The van der Waals surface area contributed by atoms with Crippen molar-refractivity contribution in [3.8, 4) is 0 Å². The topological polar surface area (TPSA) is 30.3 Å². The Hall–Kier alpha value is -1.91. The fourth-order valence-electron chi connectivity index (χ4n) is 6.45. The number of benzene rings is 1. The van der Waals surface area contributed by atoms with Gasteiger partial charge in [-0.15, -0.1) is 0 Å². The van der Waals surface area contributed by atoms with E-state index < -0.39 is 0 Å². The molecule has 6 rings (SSSR count). The fraction of sp³-hybridized carbons (Fsp3) is 0.593.